The summed E-state index contributed by atoms with van der Waals surface area (Å²) in [5.74, 6) is -3.44. The highest BCUT2D eigenvalue weighted by molar-refractivity contribution is 5.84. The van der Waals surface area contributed by atoms with E-state index in [1.165, 1.54) is 6.92 Å². The number of ether oxygens (including phenoxy) is 1. The van der Waals surface area contributed by atoms with Crippen LogP contribution in [0.1, 0.15) is 6.92 Å². The molecule has 0 aliphatic rings. The van der Waals surface area contributed by atoms with Gasteiger partial charge in [0, 0.05) is 12.1 Å². The van der Waals surface area contributed by atoms with E-state index in [1.54, 1.807) is 0 Å². The second-order valence-electron chi connectivity index (χ2n) is 2.59. The Hall–Kier alpha value is -1.72. The van der Waals surface area contributed by atoms with Crippen LogP contribution in [0.3, 0.4) is 0 Å². The Balaban J connectivity index is 2.90. The molecule has 1 rings (SSSR count). The van der Waals surface area contributed by atoms with E-state index >= 15 is 0 Å². The fraction of sp³-hybridized carbons (Fsp3) is 0.222. The molecular formula is C9H8F3NO2. The van der Waals surface area contributed by atoms with Crippen molar-refractivity contribution in [3.8, 4) is 0 Å². The number of carbonyl (C=O) groups excluding carboxylic acids is 1. The van der Waals surface area contributed by atoms with E-state index < -0.39 is 29.2 Å². The summed E-state index contributed by atoms with van der Waals surface area (Å²) in [5.41, 5.74) is -0.727. The summed E-state index contributed by atoms with van der Waals surface area (Å²) in [7, 11) is 0. The molecule has 0 aliphatic heterocycles. The highest BCUT2D eigenvalue weighted by Gasteiger charge is 2.14. The standard InChI is InChI=1S/C9H8F3NO2/c1-2-15-9(14)13-8-6(11)3-5(10)4-7(8)12/h3-4H,2H2,1H3,(H,13,14). The van der Waals surface area contributed by atoms with Crippen LogP contribution in [0.2, 0.25) is 0 Å². The van der Waals surface area contributed by atoms with Gasteiger partial charge < -0.3 is 4.74 Å². The smallest absolute Gasteiger partial charge is 0.411 e. The molecule has 0 saturated carbocycles. The molecule has 0 saturated heterocycles. The Morgan fingerprint density at radius 2 is 1.87 bits per heavy atom. The van der Waals surface area contributed by atoms with Crippen LogP contribution in [0.5, 0.6) is 0 Å². The number of rotatable bonds is 2. The lowest BCUT2D eigenvalue weighted by Crippen LogP contribution is -2.15. The van der Waals surface area contributed by atoms with E-state index in [2.05, 4.69) is 4.74 Å². The molecule has 0 spiro atoms. The molecule has 1 aromatic carbocycles. The normalized spacial score (nSPS) is 9.87. The second-order valence-corrected chi connectivity index (χ2v) is 2.59. The van der Waals surface area contributed by atoms with Gasteiger partial charge in [0.15, 0.2) is 11.6 Å². The van der Waals surface area contributed by atoms with Crippen LogP contribution in [0.25, 0.3) is 0 Å². The Morgan fingerprint density at radius 1 is 1.33 bits per heavy atom. The third-order valence-electron chi connectivity index (χ3n) is 1.51. The lowest BCUT2D eigenvalue weighted by atomic mass is 10.3. The first-order valence-corrected chi connectivity index (χ1v) is 4.13. The van der Waals surface area contributed by atoms with Crippen LogP contribution in [0.15, 0.2) is 12.1 Å². The number of hydrogen-bond acceptors (Lipinski definition) is 2. The van der Waals surface area contributed by atoms with Gasteiger partial charge in [-0.25, -0.2) is 18.0 Å². The van der Waals surface area contributed by atoms with Crippen molar-refractivity contribution in [3.63, 3.8) is 0 Å². The summed E-state index contributed by atoms with van der Waals surface area (Å²) in [5, 5.41) is 1.83. The molecule has 1 aromatic rings. The van der Waals surface area contributed by atoms with E-state index in [-0.39, 0.29) is 6.61 Å². The molecule has 0 radical (unpaired) electrons. The van der Waals surface area contributed by atoms with Crippen LogP contribution in [0.4, 0.5) is 23.7 Å². The topological polar surface area (TPSA) is 38.3 Å². The summed E-state index contributed by atoms with van der Waals surface area (Å²) in [6, 6.07) is 0.926. The van der Waals surface area contributed by atoms with Crippen molar-refractivity contribution in [2.24, 2.45) is 0 Å². The van der Waals surface area contributed by atoms with Crippen molar-refractivity contribution in [1.82, 2.24) is 0 Å². The van der Waals surface area contributed by atoms with Crippen molar-refractivity contribution in [2.45, 2.75) is 6.92 Å². The van der Waals surface area contributed by atoms with Gasteiger partial charge in [-0.2, -0.15) is 0 Å². The number of amides is 1. The first kappa shape index (κ1) is 11.4. The van der Waals surface area contributed by atoms with Crippen LogP contribution >= 0.6 is 0 Å². The zero-order valence-electron chi connectivity index (χ0n) is 7.81. The van der Waals surface area contributed by atoms with Gasteiger partial charge in [-0.3, -0.25) is 5.32 Å². The fourth-order valence-corrected chi connectivity index (χ4v) is 0.931. The van der Waals surface area contributed by atoms with E-state index in [4.69, 9.17) is 0 Å². The van der Waals surface area contributed by atoms with Crippen LogP contribution < -0.4 is 5.32 Å². The molecule has 82 valence electrons. The van der Waals surface area contributed by atoms with Crippen molar-refractivity contribution in [1.29, 1.82) is 0 Å². The van der Waals surface area contributed by atoms with Gasteiger partial charge in [0.05, 0.1) is 6.61 Å². The maximum atomic E-state index is 13.0. The number of hydrogen-bond donors (Lipinski definition) is 1. The fourth-order valence-electron chi connectivity index (χ4n) is 0.931. The average Bonchev–Trinajstić information content (AvgIpc) is 2.11. The molecule has 0 aliphatic carbocycles. The first-order valence-electron chi connectivity index (χ1n) is 4.13. The number of carbonyl (C=O) groups is 1. The monoisotopic (exact) mass is 219 g/mol. The van der Waals surface area contributed by atoms with Gasteiger partial charge in [-0.05, 0) is 6.92 Å². The maximum Gasteiger partial charge on any atom is 0.411 e. The minimum absolute atomic E-state index is 0.0657. The lowest BCUT2D eigenvalue weighted by molar-refractivity contribution is 0.167. The number of nitrogens with one attached hydrogen (secondary N) is 1. The predicted octanol–water partition coefficient (Wildman–Crippen LogP) is 2.67. The minimum Gasteiger partial charge on any atom is -0.450 e. The highest BCUT2D eigenvalue weighted by atomic mass is 19.1. The molecule has 0 heterocycles. The molecule has 0 aromatic heterocycles. The summed E-state index contributed by atoms with van der Waals surface area (Å²) < 4.78 is 42.8. The summed E-state index contributed by atoms with van der Waals surface area (Å²) in [6.45, 7) is 1.60. The molecule has 6 heteroatoms. The predicted molar refractivity (Wildman–Crippen MR) is 47.0 cm³/mol. The zero-order valence-corrected chi connectivity index (χ0v) is 7.81. The Kier molecular flexibility index (Phi) is 3.54. The van der Waals surface area contributed by atoms with Crippen molar-refractivity contribution >= 4 is 11.8 Å². The molecule has 0 fully saturated rings. The van der Waals surface area contributed by atoms with Crippen LogP contribution in [0, 0.1) is 17.5 Å². The largest absolute Gasteiger partial charge is 0.450 e. The number of anilines is 1. The molecule has 3 nitrogen and oxygen atoms in total. The lowest BCUT2D eigenvalue weighted by Gasteiger charge is -2.07. The quantitative estimate of drug-likeness (QED) is 0.830. The van der Waals surface area contributed by atoms with Crippen molar-refractivity contribution < 1.29 is 22.7 Å². The van der Waals surface area contributed by atoms with E-state index in [9.17, 15) is 18.0 Å². The van der Waals surface area contributed by atoms with Crippen molar-refractivity contribution in [2.75, 3.05) is 11.9 Å². The molecule has 0 unspecified atom stereocenters. The van der Waals surface area contributed by atoms with E-state index in [0.29, 0.717) is 12.1 Å². The first-order chi connectivity index (χ1) is 7.04. The van der Waals surface area contributed by atoms with Crippen molar-refractivity contribution in [3.05, 3.63) is 29.6 Å². The minimum atomic E-state index is -1.19. The van der Waals surface area contributed by atoms with E-state index in [1.807, 2.05) is 5.32 Å². The average molecular weight is 219 g/mol. The molecule has 1 N–H and O–H groups in total. The third kappa shape index (κ3) is 2.87. The molecule has 0 bridgehead atoms. The van der Waals surface area contributed by atoms with Gasteiger partial charge in [0.2, 0.25) is 0 Å². The van der Waals surface area contributed by atoms with E-state index in [0.717, 1.165) is 0 Å². The third-order valence-corrected chi connectivity index (χ3v) is 1.51. The number of benzene rings is 1. The Labute approximate surface area is 83.8 Å². The Morgan fingerprint density at radius 3 is 2.33 bits per heavy atom. The SMILES string of the molecule is CCOC(=O)Nc1c(F)cc(F)cc1F. The van der Waals surface area contributed by atoms with Crippen LogP contribution in [-0.2, 0) is 4.74 Å². The Bertz CT molecular complexity index is 359. The van der Waals surface area contributed by atoms with Gasteiger partial charge >= 0.3 is 6.09 Å². The molecule has 15 heavy (non-hydrogen) atoms. The van der Waals surface area contributed by atoms with Gasteiger partial charge in [0.1, 0.15) is 11.5 Å². The zero-order chi connectivity index (χ0) is 11.4. The second kappa shape index (κ2) is 4.68. The number of halogens is 3. The van der Waals surface area contributed by atoms with Gasteiger partial charge in [-0.1, -0.05) is 0 Å². The highest BCUT2D eigenvalue weighted by Crippen LogP contribution is 2.20. The summed E-state index contributed by atoms with van der Waals surface area (Å²) in [4.78, 5) is 10.8. The van der Waals surface area contributed by atoms with Gasteiger partial charge in [0.25, 0.3) is 0 Å². The van der Waals surface area contributed by atoms with Gasteiger partial charge in [-0.15, -0.1) is 0 Å². The van der Waals surface area contributed by atoms with Crippen LogP contribution in [-0.4, -0.2) is 12.7 Å². The maximum absolute atomic E-state index is 13.0. The molecular weight excluding hydrogens is 211 g/mol. The summed E-state index contributed by atoms with van der Waals surface area (Å²) in [6.07, 6.45) is -0.998. The molecule has 1 amide bonds. The summed E-state index contributed by atoms with van der Waals surface area (Å²) >= 11 is 0. The molecule has 0 atom stereocenters.